The lowest BCUT2D eigenvalue weighted by Crippen LogP contribution is -2.07. The van der Waals surface area contributed by atoms with Crippen molar-refractivity contribution in [1.82, 2.24) is 5.32 Å². The summed E-state index contributed by atoms with van der Waals surface area (Å²) < 4.78 is 0. The Labute approximate surface area is 262 Å². The maximum atomic E-state index is 4.19. The van der Waals surface area contributed by atoms with Gasteiger partial charge in [-0.1, -0.05) is 110 Å². The first-order chi connectivity index (χ1) is 19.0. The molecule has 0 saturated carbocycles. The lowest BCUT2D eigenvalue weighted by molar-refractivity contribution is 0.398. The number of hydrogen-bond acceptors (Lipinski definition) is 3. The van der Waals surface area contributed by atoms with Crippen molar-refractivity contribution in [3.05, 3.63) is 103 Å². The SMILES string of the molecule is C=C.C=C(C)NC.C=C(CS/C(C)=C/C)C/C(=C\C)CC(C)(C)C.C=CCc1ccc(NC)cc1.CCC(C)(C)C. The highest BCUT2D eigenvalue weighted by Gasteiger charge is 2.13. The van der Waals surface area contributed by atoms with Gasteiger partial charge in [0, 0.05) is 25.5 Å². The summed E-state index contributed by atoms with van der Waals surface area (Å²) in [6.45, 7) is 41.5. The number of nitrogens with one attached hydrogen (secondary N) is 2. The number of benzene rings is 1. The third kappa shape index (κ3) is 37.6. The third-order valence-electron chi connectivity index (χ3n) is 5.66. The molecule has 0 spiro atoms. The smallest absolute Gasteiger partial charge is 0.0337 e. The molecule has 3 heteroatoms. The molecule has 0 heterocycles. The van der Waals surface area contributed by atoms with Gasteiger partial charge in [0.15, 0.2) is 0 Å². The summed E-state index contributed by atoms with van der Waals surface area (Å²) >= 11 is 1.89. The molecular formula is C38H68N2S. The van der Waals surface area contributed by atoms with Crippen LogP contribution in [0.3, 0.4) is 0 Å². The maximum absolute atomic E-state index is 4.19. The number of thioether (sulfide) groups is 1. The van der Waals surface area contributed by atoms with Crippen molar-refractivity contribution in [1.29, 1.82) is 0 Å². The zero-order valence-corrected chi connectivity index (χ0v) is 30.3. The molecule has 1 aromatic rings. The topological polar surface area (TPSA) is 24.1 Å². The van der Waals surface area contributed by atoms with Crippen LogP contribution >= 0.6 is 11.8 Å². The summed E-state index contributed by atoms with van der Waals surface area (Å²) in [5, 5.41) is 5.90. The first kappa shape index (κ1) is 45.6. The minimum absolute atomic E-state index is 0.370. The Morgan fingerprint density at radius 2 is 1.34 bits per heavy atom. The van der Waals surface area contributed by atoms with Gasteiger partial charge in [0.1, 0.15) is 0 Å². The van der Waals surface area contributed by atoms with E-state index in [1.54, 1.807) is 0 Å². The Morgan fingerprint density at radius 3 is 1.63 bits per heavy atom. The number of allylic oxidation sites excluding steroid dienone is 6. The summed E-state index contributed by atoms with van der Waals surface area (Å²) in [4.78, 5) is 1.38. The maximum Gasteiger partial charge on any atom is 0.0337 e. The average molecular weight is 585 g/mol. The Kier molecular flexibility index (Phi) is 30.9. The highest BCUT2D eigenvalue weighted by Crippen LogP contribution is 2.29. The van der Waals surface area contributed by atoms with Gasteiger partial charge in [-0.25, -0.2) is 0 Å². The van der Waals surface area contributed by atoms with Crippen LogP contribution < -0.4 is 10.6 Å². The largest absolute Gasteiger partial charge is 0.392 e. The zero-order chi connectivity index (χ0) is 33.1. The van der Waals surface area contributed by atoms with Crippen LogP contribution in [0.5, 0.6) is 0 Å². The van der Waals surface area contributed by atoms with E-state index in [-0.39, 0.29) is 0 Å². The third-order valence-corrected chi connectivity index (χ3v) is 6.91. The molecule has 41 heavy (non-hydrogen) atoms. The molecule has 0 amide bonds. The van der Waals surface area contributed by atoms with Gasteiger partial charge in [-0.2, -0.15) is 0 Å². The van der Waals surface area contributed by atoms with Crippen molar-refractivity contribution >= 4 is 17.4 Å². The van der Waals surface area contributed by atoms with Crippen molar-refractivity contribution in [2.45, 2.75) is 102 Å². The molecule has 0 bridgehead atoms. The molecule has 0 radical (unpaired) electrons. The minimum atomic E-state index is 0.370. The molecule has 1 rings (SSSR count). The van der Waals surface area contributed by atoms with Gasteiger partial charge in [0.2, 0.25) is 0 Å². The summed E-state index contributed by atoms with van der Waals surface area (Å²) in [6.07, 6.45) is 10.8. The molecule has 2 N–H and O–H groups in total. The van der Waals surface area contributed by atoms with E-state index in [9.17, 15) is 0 Å². The molecule has 0 atom stereocenters. The van der Waals surface area contributed by atoms with Gasteiger partial charge in [-0.3, -0.25) is 0 Å². The molecule has 0 aromatic heterocycles. The standard InChI is InChI=1S/C16H28S.C10H13N.C6H14.C4H9N.C2H4/c1-8-14(4)17-12-13(3)10-15(9-2)11-16(5,6)7;1-3-4-9-5-7-10(11-2)8-6-9;1-5-6(2,3)4;1-4(2)5-3;1-2/h8-9H,3,10-12H2,1-2,4-7H3;3,5-8,11H,1,4H2,2H3;5H2,1-4H3;5H,1H2,2-3H3;1-2H2/b14-8+,15-9+;;;;. The van der Waals surface area contributed by atoms with Crippen molar-refractivity contribution in [2.24, 2.45) is 10.8 Å². The number of rotatable bonds is 10. The quantitative estimate of drug-likeness (QED) is 0.267. The average Bonchev–Trinajstić information content (AvgIpc) is 2.92. The monoisotopic (exact) mass is 585 g/mol. The van der Waals surface area contributed by atoms with Gasteiger partial charge in [0.05, 0.1) is 0 Å². The summed E-state index contributed by atoms with van der Waals surface area (Å²) in [7, 11) is 3.77. The second-order valence-electron chi connectivity index (χ2n) is 12.2. The molecule has 236 valence electrons. The molecule has 0 unspecified atom stereocenters. The van der Waals surface area contributed by atoms with E-state index >= 15 is 0 Å². The Hall–Kier alpha value is -2.39. The number of anilines is 1. The molecule has 0 aliphatic heterocycles. The second-order valence-corrected chi connectivity index (χ2v) is 13.4. The van der Waals surface area contributed by atoms with Crippen molar-refractivity contribution < 1.29 is 0 Å². The molecular weight excluding hydrogens is 516 g/mol. The van der Waals surface area contributed by atoms with Crippen LogP contribution in [-0.2, 0) is 6.42 Å². The highest BCUT2D eigenvalue weighted by atomic mass is 32.2. The van der Waals surface area contributed by atoms with E-state index in [0.717, 1.165) is 36.4 Å². The van der Waals surface area contributed by atoms with E-state index in [2.05, 4.69) is 149 Å². The summed E-state index contributed by atoms with van der Waals surface area (Å²) in [5.74, 6) is 1.04. The normalized spacial score (nSPS) is 11.0. The van der Waals surface area contributed by atoms with Crippen LogP contribution in [0.15, 0.2) is 97.1 Å². The van der Waals surface area contributed by atoms with Crippen LogP contribution in [0.1, 0.15) is 101 Å². The predicted octanol–water partition coefficient (Wildman–Crippen LogP) is 12.4. The lowest BCUT2D eigenvalue weighted by atomic mass is 9.86. The van der Waals surface area contributed by atoms with Gasteiger partial charge in [-0.05, 0) is 86.1 Å². The van der Waals surface area contributed by atoms with Crippen LogP contribution in [0, 0.1) is 10.8 Å². The Morgan fingerprint density at radius 1 is 0.878 bits per heavy atom. The molecule has 2 nitrogen and oxygen atoms in total. The lowest BCUT2D eigenvalue weighted by Gasteiger charge is -2.21. The molecule has 0 fully saturated rings. The number of hydrogen-bond donors (Lipinski definition) is 2. The van der Waals surface area contributed by atoms with E-state index in [1.165, 1.54) is 28.0 Å². The van der Waals surface area contributed by atoms with E-state index in [0.29, 0.717) is 10.8 Å². The fourth-order valence-corrected chi connectivity index (χ4v) is 3.29. The van der Waals surface area contributed by atoms with E-state index < -0.39 is 0 Å². The highest BCUT2D eigenvalue weighted by molar-refractivity contribution is 8.03. The summed E-state index contributed by atoms with van der Waals surface area (Å²) in [6, 6.07) is 8.35. The van der Waals surface area contributed by atoms with Crippen molar-refractivity contribution in [3.8, 4) is 0 Å². The van der Waals surface area contributed by atoms with Gasteiger partial charge in [-0.15, -0.1) is 31.5 Å². The van der Waals surface area contributed by atoms with Crippen LogP contribution in [-0.4, -0.2) is 19.8 Å². The zero-order valence-electron chi connectivity index (χ0n) is 29.5. The molecule has 0 aliphatic carbocycles. The van der Waals surface area contributed by atoms with Gasteiger partial charge >= 0.3 is 0 Å². The molecule has 0 aliphatic rings. The van der Waals surface area contributed by atoms with Crippen molar-refractivity contribution in [2.75, 3.05) is 25.2 Å². The van der Waals surface area contributed by atoms with E-state index in [4.69, 9.17) is 0 Å². The summed E-state index contributed by atoms with van der Waals surface area (Å²) in [5.41, 5.74) is 7.21. The Balaban J connectivity index is -0.000000243. The first-order valence-corrected chi connectivity index (χ1v) is 15.7. The van der Waals surface area contributed by atoms with Crippen molar-refractivity contribution in [3.63, 3.8) is 0 Å². The van der Waals surface area contributed by atoms with E-state index in [1.807, 2.05) is 38.9 Å². The minimum Gasteiger partial charge on any atom is -0.392 e. The van der Waals surface area contributed by atoms with Gasteiger partial charge in [0.25, 0.3) is 0 Å². The first-order valence-electron chi connectivity index (χ1n) is 14.8. The van der Waals surface area contributed by atoms with Gasteiger partial charge < -0.3 is 10.6 Å². The van der Waals surface area contributed by atoms with Crippen LogP contribution in [0.25, 0.3) is 0 Å². The van der Waals surface area contributed by atoms with Crippen LogP contribution in [0.2, 0.25) is 0 Å². The Bertz CT molecular complexity index is 859. The predicted molar refractivity (Wildman–Crippen MR) is 198 cm³/mol. The fourth-order valence-electron chi connectivity index (χ4n) is 2.59. The molecule has 0 saturated heterocycles. The molecule has 1 aromatic carbocycles. The fraction of sp³-hybridized carbons (Fsp3) is 0.526. The second kappa shape index (κ2) is 27.8. The van der Waals surface area contributed by atoms with Crippen LogP contribution in [0.4, 0.5) is 5.69 Å².